The predicted octanol–water partition coefficient (Wildman–Crippen LogP) is 1.85. The van der Waals surface area contributed by atoms with Crippen LogP contribution in [0.15, 0.2) is 43.0 Å². The van der Waals surface area contributed by atoms with E-state index in [0.29, 0.717) is 0 Å². The van der Waals surface area contributed by atoms with Crippen molar-refractivity contribution in [3.8, 4) is 5.69 Å². The first kappa shape index (κ1) is 12.3. The van der Waals surface area contributed by atoms with Gasteiger partial charge in [-0.1, -0.05) is 12.1 Å². The summed E-state index contributed by atoms with van der Waals surface area (Å²) in [5, 5.41) is 2.84. The van der Waals surface area contributed by atoms with Gasteiger partial charge in [0.2, 0.25) is 0 Å². The van der Waals surface area contributed by atoms with Gasteiger partial charge in [0.25, 0.3) is 5.91 Å². The Kier molecular flexibility index (Phi) is 3.74. The number of imidazole rings is 1. The predicted molar refractivity (Wildman–Crippen MR) is 68.7 cm³/mol. The van der Waals surface area contributed by atoms with Crippen LogP contribution in [0.1, 0.15) is 6.92 Å². The molecule has 1 N–H and O–H groups in total. The van der Waals surface area contributed by atoms with Crippen LogP contribution < -0.4 is 5.32 Å². The van der Waals surface area contributed by atoms with E-state index in [1.54, 1.807) is 19.4 Å². The Hall–Kier alpha value is -2.14. The molecule has 0 aliphatic carbocycles. The Balaban J connectivity index is 2.26. The van der Waals surface area contributed by atoms with Crippen molar-refractivity contribution >= 4 is 11.6 Å². The molecule has 5 nitrogen and oxygen atoms in total. The highest BCUT2D eigenvalue weighted by molar-refractivity contribution is 5.95. The minimum Gasteiger partial charge on any atom is -0.372 e. The third kappa shape index (κ3) is 2.57. The molecule has 1 aromatic carbocycles. The third-order valence-electron chi connectivity index (χ3n) is 2.67. The fourth-order valence-electron chi connectivity index (χ4n) is 1.55. The second-order valence-corrected chi connectivity index (χ2v) is 3.85. The smallest absolute Gasteiger partial charge is 0.253 e. The molecule has 1 atom stereocenters. The fraction of sp³-hybridized carbons (Fsp3) is 0.231. The number of rotatable bonds is 4. The van der Waals surface area contributed by atoms with Gasteiger partial charge in [0.05, 0.1) is 17.7 Å². The second-order valence-electron chi connectivity index (χ2n) is 3.85. The minimum atomic E-state index is -0.485. The molecule has 0 spiro atoms. The Labute approximate surface area is 105 Å². The van der Waals surface area contributed by atoms with Gasteiger partial charge in [-0.2, -0.15) is 0 Å². The van der Waals surface area contributed by atoms with E-state index in [-0.39, 0.29) is 5.91 Å². The number of amides is 1. The van der Waals surface area contributed by atoms with Gasteiger partial charge in [0, 0.05) is 19.5 Å². The van der Waals surface area contributed by atoms with Crippen molar-refractivity contribution in [3.05, 3.63) is 43.0 Å². The minimum absolute atomic E-state index is 0.176. The summed E-state index contributed by atoms with van der Waals surface area (Å²) in [6, 6.07) is 7.53. The van der Waals surface area contributed by atoms with Crippen LogP contribution in [0.5, 0.6) is 0 Å². The average Bonchev–Trinajstić information content (AvgIpc) is 2.92. The molecule has 2 aromatic rings. The summed E-state index contributed by atoms with van der Waals surface area (Å²) < 4.78 is 6.82. The monoisotopic (exact) mass is 245 g/mol. The molecule has 0 fully saturated rings. The van der Waals surface area contributed by atoms with Crippen LogP contribution in [0.4, 0.5) is 5.69 Å². The Bertz CT molecular complexity index is 523. The van der Waals surface area contributed by atoms with E-state index in [1.807, 2.05) is 35.0 Å². The molecule has 1 heterocycles. The van der Waals surface area contributed by atoms with E-state index in [9.17, 15) is 4.79 Å². The van der Waals surface area contributed by atoms with E-state index < -0.39 is 6.10 Å². The van der Waals surface area contributed by atoms with Crippen LogP contribution in [0, 0.1) is 0 Å². The van der Waals surface area contributed by atoms with Gasteiger partial charge >= 0.3 is 0 Å². The summed E-state index contributed by atoms with van der Waals surface area (Å²) in [5.74, 6) is -0.176. The van der Waals surface area contributed by atoms with E-state index in [0.717, 1.165) is 11.4 Å². The number of para-hydroxylation sites is 2. The first-order valence-corrected chi connectivity index (χ1v) is 5.63. The number of hydrogen-bond acceptors (Lipinski definition) is 3. The summed E-state index contributed by atoms with van der Waals surface area (Å²) >= 11 is 0. The molecule has 0 aliphatic rings. The van der Waals surface area contributed by atoms with Crippen molar-refractivity contribution in [2.75, 3.05) is 12.4 Å². The summed E-state index contributed by atoms with van der Waals surface area (Å²) in [6.07, 6.45) is 4.71. The standard InChI is InChI=1S/C13H15N3O2/c1-10(18-2)13(17)15-11-5-3-4-6-12(11)16-8-7-14-9-16/h3-10H,1-2H3,(H,15,17). The fourth-order valence-corrected chi connectivity index (χ4v) is 1.55. The number of anilines is 1. The molecule has 0 radical (unpaired) electrons. The highest BCUT2D eigenvalue weighted by Gasteiger charge is 2.13. The van der Waals surface area contributed by atoms with Crippen LogP contribution >= 0.6 is 0 Å². The van der Waals surface area contributed by atoms with Crippen molar-refractivity contribution in [1.82, 2.24) is 9.55 Å². The third-order valence-corrected chi connectivity index (χ3v) is 2.67. The Morgan fingerprint density at radius 1 is 1.44 bits per heavy atom. The quantitative estimate of drug-likeness (QED) is 0.894. The van der Waals surface area contributed by atoms with Crippen LogP contribution in [-0.2, 0) is 9.53 Å². The number of nitrogens with one attached hydrogen (secondary N) is 1. The molecule has 1 aromatic heterocycles. The highest BCUT2D eigenvalue weighted by Crippen LogP contribution is 2.19. The van der Waals surface area contributed by atoms with E-state index >= 15 is 0 Å². The SMILES string of the molecule is COC(C)C(=O)Nc1ccccc1-n1ccnc1. The van der Waals surface area contributed by atoms with Gasteiger partial charge in [0.1, 0.15) is 6.10 Å². The molecule has 1 unspecified atom stereocenters. The molecule has 5 heteroatoms. The van der Waals surface area contributed by atoms with Gasteiger partial charge in [0.15, 0.2) is 0 Å². The highest BCUT2D eigenvalue weighted by atomic mass is 16.5. The lowest BCUT2D eigenvalue weighted by atomic mass is 10.2. The summed E-state index contributed by atoms with van der Waals surface area (Å²) in [5.41, 5.74) is 1.59. The van der Waals surface area contributed by atoms with Crippen LogP contribution in [0.3, 0.4) is 0 Å². The number of aromatic nitrogens is 2. The van der Waals surface area contributed by atoms with Crippen molar-refractivity contribution in [1.29, 1.82) is 0 Å². The zero-order chi connectivity index (χ0) is 13.0. The van der Waals surface area contributed by atoms with Crippen molar-refractivity contribution < 1.29 is 9.53 Å². The number of benzene rings is 1. The first-order valence-electron chi connectivity index (χ1n) is 5.63. The van der Waals surface area contributed by atoms with Crippen LogP contribution in [0.2, 0.25) is 0 Å². The number of carbonyl (C=O) groups excluding carboxylic acids is 1. The lowest BCUT2D eigenvalue weighted by Crippen LogP contribution is -2.27. The molecule has 94 valence electrons. The average molecular weight is 245 g/mol. The van der Waals surface area contributed by atoms with Gasteiger partial charge in [-0.15, -0.1) is 0 Å². The van der Waals surface area contributed by atoms with Crippen molar-refractivity contribution in [2.45, 2.75) is 13.0 Å². The molecular formula is C13H15N3O2. The van der Waals surface area contributed by atoms with Gasteiger partial charge in [-0.3, -0.25) is 4.79 Å². The van der Waals surface area contributed by atoms with Crippen molar-refractivity contribution in [2.24, 2.45) is 0 Å². The number of hydrogen-bond donors (Lipinski definition) is 1. The Morgan fingerprint density at radius 2 is 2.22 bits per heavy atom. The number of ether oxygens (including phenoxy) is 1. The largest absolute Gasteiger partial charge is 0.372 e. The number of methoxy groups -OCH3 is 1. The second kappa shape index (κ2) is 5.46. The molecule has 2 rings (SSSR count). The van der Waals surface area contributed by atoms with E-state index in [2.05, 4.69) is 10.3 Å². The van der Waals surface area contributed by atoms with Gasteiger partial charge in [-0.05, 0) is 19.1 Å². The summed E-state index contributed by atoms with van der Waals surface area (Å²) in [6.45, 7) is 1.70. The maximum Gasteiger partial charge on any atom is 0.253 e. The van der Waals surface area contributed by atoms with Gasteiger partial charge < -0.3 is 14.6 Å². The lowest BCUT2D eigenvalue weighted by molar-refractivity contribution is -0.124. The van der Waals surface area contributed by atoms with E-state index in [1.165, 1.54) is 7.11 Å². The van der Waals surface area contributed by atoms with Gasteiger partial charge in [-0.25, -0.2) is 4.98 Å². The molecule has 0 saturated heterocycles. The summed E-state index contributed by atoms with van der Waals surface area (Å²) in [4.78, 5) is 15.8. The van der Waals surface area contributed by atoms with Crippen LogP contribution in [0.25, 0.3) is 5.69 Å². The Morgan fingerprint density at radius 3 is 2.89 bits per heavy atom. The molecule has 1 amide bonds. The zero-order valence-corrected chi connectivity index (χ0v) is 10.3. The maximum atomic E-state index is 11.8. The zero-order valence-electron chi connectivity index (χ0n) is 10.3. The lowest BCUT2D eigenvalue weighted by Gasteiger charge is -2.14. The maximum absolute atomic E-state index is 11.8. The molecular weight excluding hydrogens is 230 g/mol. The normalized spacial score (nSPS) is 12.1. The van der Waals surface area contributed by atoms with Crippen LogP contribution in [-0.4, -0.2) is 28.7 Å². The number of nitrogens with zero attached hydrogens (tertiary/aromatic N) is 2. The topological polar surface area (TPSA) is 56.1 Å². The molecule has 18 heavy (non-hydrogen) atoms. The first-order chi connectivity index (χ1) is 8.72. The molecule has 0 aliphatic heterocycles. The molecule has 0 bridgehead atoms. The van der Waals surface area contributed by atoms with E-state index in [4.69, 9.17) is 4.74 Å². The summed E-state index contributed by atoms with van der Waals surface area (Å²) in [7, 11) is 1.51. The van der Waals surface area contributed by atoms with Crippen molar-refractivity contribution in [3.63, 3.8) is 0 Å². The number of carbonyl (C=O) groups is 1. The molecule has 0 saturated carbocycles.